The third-order valence-corrected chi connectivity index (χ3v) is 4.76. The maximum atomic E-state index is 13.4. The van der Waals surface area contributed by atoms with Crippen molar-refractivity contribution in [2.24, 2.45) is 23.7 Å². The molecule has 1 aliphatic rings. The van der Waals surface area contributed by atoms with Crippen molar-refractivity contribution < 1.29 is 46.1 Å². The lowest BCUT2D eigenvalue weighted by Gasteiger charge is -2.57. The summed E-state index contributed by atoms with van der Waals surface area (Å²) in [5, 5.41) is 17.2. The van der Waals surface area contributed by atoms with E-state index in [0.29, 0.717) is 5.32 Å². The molecule has 0 aromatic rings. The van der Waals surface area contributed by atoms with Crippen LogP contribution in [0.1, 0.15) is 20.3 Å². The van der Waals surface area contributed by atoms with Crippen molar-refractivity contribution in [3.63, 3.8) is 0 Å². The lowest BCUT2D eigenvalue weighted by Crippen LogP contribution is -2.81. The van der Waals surface area contributed by atoms with Crippen molar-refractivity contribution in [3.05, 3.63) is 0 Å². The Labute approximate surface area is 155 Å². The van der Waals surface area contributed by atoms with E-state index < -0.39 is 64.1 Å². The smallest absolute Gasteiger partial charge is 0.431 e. The Bertz CT molecular complexity index is 540. The van der Waals surface area contributed by atoms with E-state index in [2.05, 4.69) is 25.3 Å². The van der Waals surface area contributed by atoms with Crippen LogP contribution in [0.5, 0.6) is 0 Å². The number of carbonyl (C=O) groups excluding carboxylic acids is 2. The number of carbonyl (C=O) groups is 2. The average Bonchev–Trinajstić information content (AvgIpc) is 2.33. The van der Waals surface area contributed by atoms with Crippen molar-refractivity contribution in [3.8, 4) is 0 Å². The van der Waals surface area contributed by atoms with Gasteiger partial charge in [-0.25, -0.2) is 5.32 Å². The highest BCUT2D eigenvalue weighted by Gasteiger charge is 2.75. The minimum atomic E-state index is -5.82. The Morgan fingerprint density at radius 3 is 1.46 bits per heavy atom. The summed E-state index contributed by atoms with van der Waals surface area (Å²) in [7, 11) is 0. The second-order valence-electron chi connectivity index (χ2n) is 6.54. The molecule has 0 aromatic heterocycles. The molecule has 4 atom stereocenters. The normalized spacial score (nSPS) is 36.2. The summed E-state index contributed by atoms with van der Waals surface area (Å²) in [5.74, 6) is -8.01. The van der Waals surface area contributed by atoms with Crippen LogP contribution in [0.15, 0.2) is 0 Å². The Morgan fingerprint density at radius 1 is 0.962 bits per heavy atom. The van der Waals surface area contributed by atoms with Crippen LogP contribution in [0.3, 0.4) is 0 Å². The highest BCUT2D eigenvalue weighted by Crippen LogP contribution is 2.53. The van der Waals surface area contributed by atoms with E-state index in [1.807, 2.05) is 0 Å². The first kappa shape index (κ1) is 23.3. The molecule has 0 aliphatic carbocycles. The fourth-order valence-electron chi connectivity index (χ4n) is 3.26. The number of aliphatic hydroxyl groups is 2. The van der Waals surface area contributed by atoms with Gasteiger partial charge in [0.2, 0.25) is 11.4 Å². The van der Waals surface area contributed by atoms with Gasteiger partial charge in [-0.1, -0.05) is 13.8 Å². The van der Waals surface area contributed by atoms with Gasteiger partial charge >= 0.3 is 12.4 Å². The van der Waals surface area contributed by atoms with E-state index in [9.17, 15) is 46.1 Å². The SMILES string of the molecule is CC(C)CC1C(C(=O)[S-])C(O)(C(F)(F)F)NC(O)(C(F)(F)F)C1C(=O)[S-]. The van der Waals surface area contributed by atoms with Crippen molar-refractivity contribution in [1.82, 2.24) is 5.32 Å². The van der Waals surface area contributed by atoms with E-state index in [1.54, 1.807) is 0 Å². The summed E-state index contributed by atoms with van der Waals surface area (Å²) < 4.78 is 80.4. The lowest BCUT2D eigenvalue weighted by atomic mass is 9.65. The number of rotatable bonds is 4. The molecule has 0 amide bonds. The maximum absolute atomic E-state index is 13.4. The Morgan fingerprint density at radius 2 is 1.27 bits per heavy atom. The number of hydrogen-bond acceptors (Lipinski definition) is 7. The molecule has 0 bridgehead atoms. The number of alkyl halides is 6. The maximum Gasteiger partial charge on any atom is 0.431 e. The highest BCUT2D eigenvalue weighted by atomic mass is 32.1. The summed E-state index contributed by atoms with van der Waals surface area (Å²) in [6, 6.07) is 0. The van der Waals surface area contributed by atoms with Crippen LogP contribution in [0.4, 0.5) is 26.3 Å². The summed E-state index contributed by atoms with van der Waals surface area (Å²) in [5.41, 5.74) is -9.01. The van der Waals surface area contributed by atoms with Gasteiger partial charge in [0.1, 0.15) is 0 Å². The number of piperidine rings is 1. The van der Waals surface area contributed by atoms with Gasteiger partial charge in [0.25, 0.3) is 0 Å². The molecular weight excluding hydrogens is 412 g/mol. The van der Waals surface area contributed by atoms with Crippen molar-refractivity contribution in [2.45, 2.75) is 44.1 Å². The topological polar surface area (TPSA) is 86.6 Å². The van der Waals surface area contributed by atoms with Gasteiger partial charge in [-0.3, -0.25) is 0 Å². The molecular formula is C13H15F6NO4S2-2. The van der Waals surface area contributed by atoms with Gasteiger partial charge in [-0.2, -0.15) is 26.3 Å². The van der Waals surface area contributed by atoms with E-state index in [0.717, 1.165) is 0 Å². The van der Waals surface area contributed by atoms with Crippen LogP contribution < -0.4 is 5.32 Å². The molecule has 0 spiro atoms. The van der Waals surface area contributed by atoms with E-state index in [4.69, 9.17) is 0 Å². The zero-order valence-electron chi connectivity index (χ0n) is 13.3. The molecule has 0 radical (unpaired) electrons. The van der Waals surface area contributed by atoms with Gasteiger partial charge in [0.15, 0.2) is 0 Å². The highest BCUT2D eigenvalue weighted by molar-refractivity contribution is 7.77. The second kappa shape index (κ2) is 7.00. The molecule has 1 aliphatic heterocycles. The summed E-state index contributed by atoms with van der Waals surface area (Å²) in [6.07, 6.45) is -12.2. The van der Waals surface area contributed by atoms with Crippen molar-refractivity contribution in [1.29, 1.82) is 0 Å². The van der Waals surface area contributed by atoms with Crippen LogP contribution in [-0.4, -0.2) is 44.2 Å². The Balaban J connectivity index is 3.81. The van der Waals surface area contributed by atoms with Crippen LogP contribution in [0.25, 0.3) is 0 Å². The monoisotopic (exact) mass is 427 g/mol. The summed E-state index contributed by atoms with van der Waals surface area (Å²) >= 11 is 8.41. The Kier molecular flexibility index (Phi) is 6.27. The number of hydrogen-bond donors (Lipinski definition) is 3. The van der Waals surface area contributed by atoms with E-state index in [1.165, 1.54) is 13.8 Å². The molecule has 1 saturated heterocycles. The van der Waals surface area contributed by atoms with Crippen LogP contribution >= 0.6 is 0 Å². The predicted octanol–water partition coefficient (Wildman–Crippen LogP) is 1.13. The first-order chi connectivity index (χ1) is 11.4. The fourth-order valence-corrected chi connectivity index (χ4v) is 3.95. The van der Waals surface area contributed by atoms with Crippen molar-refractivity contribution >= 4 is 35.5 Å². The number of halogens is 6. The lowest BCUT2D eigenvalue weighted by molar-refractivity contribution is -0.378. The molecule has 13 heteroatoms. The quantitative estimate of drug-likeness (QED) is 0.458. The largest absolute Gasteiger partial charge is 0.742 e. The minimum absolute atomic E-state index is 0.557. The molecule has 1 fully saturated rings. The predicted molar refractivity (Wildman–Crippen MR) is 79.8 cm³/mol. The third kappa shape index (κ3) is 3.77. The summed E-state index contributed by atoms with van der Waals surface area (Å²) in [4.78, 5) is 23.4. The molecule has 1 heterocycles. The standard InChI is InChI=1S/C13H17F6NO4S2/c1-4(2)3-5-6(8(21)25)10(23,12(14,15)16)20-11(24,13(17,18)19)7(5)9(22)26/h4-7,20,23-24H,3H2,1-2H3,(H,21,25)(H,22,26)/p-2. The molecule has 4 unspecified atom stereocenters. The zero-order chi connectivity index (χ0) is 20.9. The molecule has 0 saturated carbocycles. The average molecular weight is 427 g/mol. The summed E-state index contributed by atoms with van der Waals surface area (Å²) in [6.45, 7) is 2.80. The first-order valence-electron chi connectivity index (χ1n) is 7.19. The molecule has 152 valence electrons. The van der Waals surface area contributed by atoms with Crippen LogP contribution in [0.2, 0.25) is 0 Å². The van der Waals surface area contributed by atoms with Gasteiger partial charge in [-0.05, 0) is 18.3 Å². The minimum Gasteiger partial charge on any atom is -0.742 e. The molecule has 3 N–H and O–H groups in total. The third-order valence-electron chi connectivity index (χ3n) is 4.25. The van der Waals surface area contributed by atoms with E-state index in [-0.39, 0.29) is 0 Å². The van der Waals surface area contributed by atoms with Gasteiger partial charge in [0.05, 0.1) is 11.8 Å². The van der Waals surface area contributed by atoms with Crippen LogP contribution in [0, 0.1) is 23.7 Å². The molecule has 1 rings (SSSR count). The number of nitrogens with one attached hydrogen (secondary N) is 1. The molecule has 26 heavy (non-hydrogen) atoms. The molecule has 5 nitrogen and oxygen atoms in total. The van der Waals surface area contributed by atoms with Gasteiger partial charge in [-0.15, -0.1) is 0 Å². The fraction of sp³-hybridized carbons (Fsp3) is 0.846. The van der Waals surface area contributed by atoms with Gasteiger partial charge < -0.3 is 45.1 Å². The van der Waals surface area contributed by atoms with Crippen molar-refractivity contribution in [2.75, 3.05) is 0 Å². The zero-order valence-corrected chi connectivity index (χ0v) is 14.9. The first-order valence-corrected chi connectivity index (χ1v) is 8.01. The van der Waals surface area contributed by atoms with Gasteiger partial charge in [0, 0.05) is 10.2 Å². The molecule has 0 aromatic carbocycles. The second-order valence-corrected chi connectivity index (χ2v) is 7.34. The van der Waals surface area contributed by atoms with E-state index >= 15 is 0 Å². The van der Waals surface area contributed by atoms with Crippen LogP contribution in [-0.2, 0) is 34.8 Å². The Hall–Kier alpha value is -0.760.